The van der Waals surface area contributed by atoms with Crippen LogP contribution in [0.5, 0.6) is 5.75 Å². The number of carbonyl (C=O) groups is 1. The van der Waals surface area contributed by atoms with E-state index >= 15 is 0 Å². The van der Waals surface area contributed by atoms with Crippen molar-refractivity contribution < 1.29 is 9.53 Å². The van der Waals surface area contributed by atoms with Crippen LogP contribution in [0.4, 0.5) is 0 Å². The zero-order valence-electron chi connectivity index (χ0n) is 14.7. The predicted octanol–water partition coefficient (Wildman–Crippen LogP) is 5.25. The van der Waals surface area contributed by atoms with Gasteiger partial charge in [-0.1, -0.05) is 23.7 Å². The summed E-state index contributed by atoms with van der Waals surface area (Å²) in [6.07, 6.45) is 0. The average molecular weight is 377 g/mol. The van der Waals surface area contributed by atoms with E-state index in [1.165, 1.54) is 0 Å². The van der Waals surface area contributed by atoms with E-state index in [0.29, 0.717) is 10.6 Å². The van der Waals surface area contributed by atoms with Crippen molar-refractivity contribution in [3.63, 3.8) is 0 Å². The Balaban J connectivity index is 1.78. The van der Waals surface area contributed by atoms with Gasteiger partial charge in [-0.15, -0.1) is 0 Å². The number of halogens is 1. The van der Waals surface area contributed by atoms with Gasteiger partial charge in [0.25, 0.3) is 0 Å². The molecule has 0 unspecified atom stereocenters. The second-order valence-corrected chi connectivity index (χ2v) is 6.61. The Morgan fingerprint density at radius 2 is 1.70 bits per heavy atom. The highest BCUT2D eigenvalue weighted by Gasteiger charge is 2.16. The van der Waals surface area contributed by atoms with Crippen LogP contribution in [0, 0.1) is 0 Å². The van der Waals surface area contributed by atoms with Crippen LogP contribution in [0.3, 0.4) is 0 Å². The molecule has 0 saturated heterocycles. The minimum Gasteiger partial charge on any atom is -0.497 e. The summed E-state index contributed by atoms with van der Waals surface area (Å²) in [6.45, 7) is 0.198. The number of carbonyl (C=O) groups excluding carboxylic acids is 1. The van der Waals surface area contributed by atoms with E-state index in [0.717, 1.165) is 28.2 Å². The van der Waals surface area contributed by atoms with Crippen LogP contribution in [-0.4, -0.2) is 22.4 Å². The summed E-state index contributed by atoms with van der Waals surface area (Å²) < 4.78 is 7.19. The maximum absolute atomic E-state index is 12.8. The number of methoxy groups -OCH3 is 1. The number of aromatic nitrogens is 2. The molecule has 0 N–H and O–H groups in total. The monoisotopic (exact) mass is 376 g/mol. The Labute approximate surface area is 162 Å². The molecule has 0 radical (unpaired) electrons. The molecule has 0 atom stereocenters. The van der Waals surface area contributed by atoms with E-state index in [1.807, 2.05) is 53.1 Å². The van der Waals surface area contributed by atoms with Gasteiger partial charge in [-0.05, 0) is 60.7 Å². The Hall–Kier alpha value is -3.11. The lowest BCUT2D eigenvalue weighted by Gasteiger charge is -2.10. The van der Waals surface area contributed by atoms with Gasteiger partial charge in [-0.25, -0.2) is 4.98 Å². The fraction of sp³-hybridized carbons (Fsp3) is 0.0909. The van der Waals surface area contributed by atoms with Crippen LogP contribution in [0.15, 0.2) is 72.8 Å². The molecule has 0 bridgehead atoms. The van der Waals surface area contributed by atoms with Crippen molar-refractivity contribution in [2.24, 2.45) is 0 Å². The molecule has 5 heteroatoms. The number of nitrogens with zero attached hydrogens (tertiary/aromatic N) is 2. The van der Waals surface area contributed by atoms with Crippen molar-refractivity contribution in [3.8, 4) is 17.1 Å². The van der Waals surface area contributed by atoms with Crippen LogP contribution in [-0.2, 0) is 6.54 Å². The Bertz CT molecular complexity index is 1100. The molecule has 0 amide bonds. The highest BCUT2D eigenvalue weighted by Crippen LogP contribution is 2.27. The Morgan fingerprint density at radius 3 is 2.41 bits per heavy atom. The maximum atomic E-state index is 12.8. The fourth-order valence-electron chi connectivity index (χ4n) is 3.07. The minimum atomic E-state index is 0.00424. The van der Waals surface area contributed by atoms with E-state index in [-0.39, 0.29) is 12.3 Å². The highest BCUT2D eigenvalue weighted by molar-refractivity contribution is 6.30. The first-order valence-corrected chi connectivity index (χ1v) is 8.92. The fourth-order valence-corrected chi connectivity index (χ4v) is 3.19. The zero-order chi connectivity index (χ0) is 18.8. The van der Waals surface area contributed by atoms with Gasteiger partial charge in [-0.2, -0.15) is 0 Å². The summed E-state index contributed by atoms with van der Waals surface area (Å²) in [7, 11) is 1.63. The lowest BCUT2D eigenvalue weighted by Crippen LogP contribution is -2.11. The van der Waals surface area contributed by atoms with Crippen molar-refractivity contribution in [2.45, 2.75) is 6.54 Å². The van der Waals surface area contributed by atoms with Gasteiger partial charge in [0.2, 0.25) is 0 Å². The van der Waals surface area contributed by atoms with E-state index in [4.69, 9.17) is 21.3 Å². The molecule has 4 aromatic rings. The molecule has 1 heterocycles. The number of Topliss-reactive ketones (excluding diaryl/α,β-unsaturated/α-hetero) is 1. The van der Waals surface area contributed by atoms with Gasteiger partial charge in [0, 0.05) is 16.1 Å². The molecule has 0 aliphatic rings. The molecule has 0 saturated carbocycles. The molecule has 1 aromatic heterocycles. The van der Waals surface area contributed by atoms with Crippen LogP contribution in [0.2, 0.25) is 5.02 Å². The smallest absolute Gasteiger partial charge is 0.182 e. The van der Waals surface area contributed by atoms with E-state index < -0.39 is 0 Å². The highest BCUT2D eigenvalue weighted by atomic mass is 35.5. The lowest BCUT2D eigenvalue weighted by molar-refractivity contribution is 0.0974. The first-order chi connectivity index (χ1) is 13.2. The summed E-state index contributed by atoms with van der Waals surface area (Å²) in [6, 6.07) is 22.4. The summed E-state index contributed by atoms with van der Waals surface area (Å²) in [5.41, 5.74) is 3.33. The maximum Gasteiger partial charge on any atom is 0.182 e. The van der Waals surface area contributed by atoms with Crippen molar-refractivity contribution in [2.75, 3.05) is 7.11 Å². The molecule has 4 rings (SSSR count). The van der Waals surface area contributed by atoms with Gasteiger partial charge in [0.15, 0.2) is 5.78 Å². The van der Waals surface area contributed by atoms with E-state index in [9.17, 15) is 4.79 Å². The Morgan fingerprint density at radius 1 is 1.00 bits per heavy atom. The van der Waals surface area contributed by atoms with Gasteiger partial charge >= 0.3 is 0 Å². The number of para-hydroxylation sites is 2. The third-order valence-electron chi connectivity index (χ3n) is 4.47. The average Bonchev–Trinajstić information content (AvgIpc) is 3.07. The van der Waals surface area contributed by atoms with Gasteiger partial charge < -0.3 is 9.30 Å². The molecule has 134 valence electrons. The molecule has 0 fully saturated rings. The van der Waals surface area contributed by atoms with Crippen LogP contribution in [0.1, 0.15) is 10.4 Å². The van der Waals surface area contributed by atoms with Gasteiger partial charge in [0.05, 0.1) is 24.7 Å². The third kappa shape index (κ3) is 3.44. The largest absolute Gasteiger partial charge is 0.497 e. The minimum absolute atomic E-state index is 0.00424. The molecule has 0 aliphatic carbocycles. The molecule has 0 aliphatic heterocycles. The van der Waals surface area contributed by atoms with Crippen LogP contribution >= 0.6 is 11.6 Å². The number of hydrogen-bond donors (Lipinski definition) is 0. The normalized spacial score (nSPS) is 10.9. The molecule has 3 aromatic carbocycles. The third-order valence-corrected chi connectivity index (χ3v) is 4.72. The molecule has 0 spiro atoms. The van der Waals surface area contributed by atoms with Gasteiger partial charge in [0.1, 0.15) is 11.6 Å². The summed E-state index contributed by atoms with van der Waals surface area (Å²) in [5.74, 6) is 1.53. The number of fused-ring (bicyclic) bond motifs is 1. The quantitative estimate of drug-likeness (QED) is 0.447. The predicted molar refractivity (Wildman–Crippen MR) is 108 cm³/mol. The SMILES string of the molecule is COc1ccc(-c2nc3ccccc3n2CC(=O)c2ccc(Cl)cc2)cc1. The topological polar surface area (TPSA) is 44.1 Å². The van der Waals surface area contributed by atoms with Crippen molar-refractivity contribution in [1.82, 2.24) is 9.55 Å². The Kier molecular flexibility index (Phi) is 4.65. The van der Waals surface area contributed by atoms with Crippen molar-refractivity contribution >= 4 is 28.4 Å². The summed E-state index contributed by atoms with van der Waals surface area (Å²) in [4.78, 5) is 17.6. The van der Waals surface area contributed by atoms with Crippen molar-refractivity contribution in [1.29, 1.82) is 0 Å². The number of rotatable bonds is 5. The second kappa shape index (κ2) is 7.25. The summed E-state index contributed by atoms with van der Waals surface area (Å²) in [5, 5.41) is 0.610. The molecule has 27 heavy (non-hydrogen) atoms. The first-order valence-electron chi connectivity index (χ1n) is 8.54. The molecular weight excluding hydrogens is 360 g/mol. The van der Waals surface area contributed by atoms with Crippen LogP contribution in [0.25, 0.3) is 22.4 Å². The zero-order valence-corrected chi connectivity index (χ0v) is 15.5. The van der Waals surface area contributed by atoms with Crippen molar-refractivity contribution in [3.05, 3.63) is 83.4 Å². The lowest BCUT2D eigenvalue weighted by atomic mass is 10.1. The molecule has 4 nitrogen and oxygen atoms in total. The van der Waals surface area contributed by atoms with E-state index in [1.54, 1.807) is 31.4 Å². The number of hydrogen-bond acceptors (Lipinski definition) is 3. The standard InChI is InChI=1S/C22H17ClN2O2/c1-27-18-12-8-16(9-13-18)22-24-19-4-2-3-5-20(19)25(22)14-21(26)15-6-10-17(23)11-7-15/h2-13H,14H2,1H3. The molecular formula is C22H17ClN2O2. The summed E-state index contributed by atoms with van der Waals surface area (Å²) >= 11 is 5.93. The number of ketones is 1. The van der Waals surface area contributed by atoms with Crippen LogP contribution < -0.4 is 4.74 Å². The number of imidazole rings is 1. The first kappa shape index (κ1) is 17.3. The second-order valence-electron chi connectivity index (χ2n) is 6.17. The number of benzene rings is 3. The van der Waals surface area contributed by atoms with E-state index in [2.05, 4.69) is 0 Å². The number of ether oxygens (including phenoxy) is 1. The van der Waals surface area contributed by atoms with Gasteiger partial charge in [-0.3, -0.25) is 4.79 Å².